The van der Waals surface area contributed by atoms with Crippen LogP contribution < -0.4 is 0 Å². The molecule has 0 N–H and O–H groups in total. The van der Waals surface area contributed by atoms with Gasteiger partial charge in [0, 0.05) is 19.7 Å². The number of nitrogens with zero attached hydrogens (tertiary/aromatic N) is 3. The van der Waals surface area contributed by atoms with Gasteiger partial charge in [0.1, 0.15) is 5.60 Å². The maximum atomic E-state index is 13.1. The molecule has 2 bridgehead atoms. The first-order chi connectivity index (χ1) is 12.4. The summed E-state index contributed by atoms with van der Waals surface area (Å²) in [5.74, 6) is 0.217. The van der Waals surface area contributed by atoms with Crippen LogP contribution in [0, 0.1) is 17.8 Å². The van der Waals surface area contributed by atoms with Crippen LogP contribution >= 0.6 is 0 Å². The number of likely N-dealkylation sites (tertiary alicyclic amines) is 1. The largest absolute Gasteiger partial charge is 0.360 e. The Morgan fingerprint density at radius 3 is 3.00 bits per heavy atom. The van der Waals surface area contributed by atoms with E-state index in [4.69, 9.17) is 9.26 Å². The third-order valence-electron chi connectivity index (χ3n) is 5.70. The van der Waals surface area contributed by atoms with Crippen LogP contribution in [0.2, 0.25) is 0 Å². The third-order valence-corrected chi connectivity index (χ3v) is 5.70. The second kappa shape index (κ2) is 6.23. The quantitative estimate of drug-likeness (QED) is 0.719. The second-order valence-electron chi connectivity index (χ2n) is 8.02. The summed E-state index contributed by atoms with van der Waals surface area (Å²) in [6.45, 7) is 5.88. The smallest absolute Gasteiger partial charge is 0.230 e. The average molecular weight is 359 g/mol. The van der Waals surface area contributed by atoms with Crippen LogP contribution in [0.5, 0.6) is 0 Å². The van der Waals surface area contributed by atoms with Gasteiger partial charge in [-0.15, -0.1) is 0 Å². The van der Waals surface area contributed by atoms with Crippen LogP contribution in [0.4, 0.5) is 0 Å². The van der Waals surface area contributed by atoms with E-state index in [1.807, 2.05) is 17.1 Å². The molecular formula is C19H25N3O4. The second-order valence-corrected chi connectivity index (χ2v) is 8.02. The number of fused-ring (bicyclic) bond motifs is 1. The van der Waals surface area contributed by atoms with Crippen LogP contribution in [0.1, 0.15) is 26.0 Å². The molecule has 0 saturated carbocycles. The molecule has 2 fully saturated rings. The van der Waals surface area contributed by atoms with Crippen LogP contribution in [0.3, 0.4) is 0 Å². The molecule has 3 aliphatic rings. The normalized spacial score (nSPS) is 31.9. The molecule has 4 heterocycles. The van der Waals surface area contributed by atoms with Crippen molar-refractivity contribution in [2.24, 2.45) is 17.8 Å². The summed E-state index contributed by atoms with van der Waals surface area (Å²) < 4.78 is 11.2. The summed E-state index contributed by atoms with van der Waals surface area (Å²) in [5, 5.41) is 3.67. The molecule has 0 aliphatic carbocycles. The molecule has 1 aromatic heterocycles. The average Bonchev–Trinajstić information content (AvgIpc) is 3.35. The van der Waals surface area contributed by atoms with Crippen LogP contribution in [0.25, 0.3) is 0 Å². The molecule has 1 aromatic rings. The van der Waals surface area contributed by atoms with Crippen molar-refractivity contribution in [3.05, 3.63) is 30.2 Å². The molecule has 2 amide bonds. The summed E-state index contributed by atoms with van der Waals surface area (Å²) in [5.41, 5.74) is -0.633. The third kappa shape index (κ3) is 2.65. The molecule has 4 rings (SSSR count). The van der Waals surface area contributed by atoms with Gasteiger partial charge in [0.2, 0.25) is 11.8 Å². The predicted octanol–water partition coefficient (Wildman–Crippen LogP) is 1.46. The van der Waals surface area contributed by atoms with Gasteiger partial charge in [-0.1, -0.05) is 31.2 Å². The Morgan fingerprint density at radius 2 is 2.31 bits per heavy atom. The van der Waals surface area contributed by atoms with E-state index in [-0.39, 0.29) is 17.9 Å². The molecule has 140 valence electrons. The Bertz CT molecular complexity index is 729. The van der Waals surface area contributed by atoms with Gasteiger partial charge in [0.15, 0.2) is 5.76 Å². The van der Waals surface area contributed by atoms with Gasteiger partial charge in [0.25, 0.3) is 0 Å². The van der Waals surface area contributed by atoms with Crippen molar-refractivity contribution in [1.29, 1.82) is 0 Å². The fourth-order valence-electron chi connectivity index (χ4n) is 4.35. The van der Waals surface area contributed by atoms with E-state index in [9.17, 15) is 9.59 Å². The summed E-state index contributed by atoms with van der Waals surface area (Å²) >= 11 is 0. The number of aromatic nitrogens is 1. The van der Waals surface area contributed by atoms with Crippen LogP contribution in [0.15, 0.2) is 28.9 Å². The monoisotopic (exact) mass is 359 g/mol. The fraction of sp³-hybridized carbons (Fsp3) is 0.632. The Labute approximate surface area is 152 Å². The number of ether oxygens (including phenoxy) is 1. The summed E-state index contributed by atoms with van der Waals surface area (Å²) in [6.07, 6.45) is 6.13. The van der Waals surface area contributed by atoms with E-state index in [2.05, 4.69) is 19.0 Å². The van der Waals surface area contributed by atoms with Gasteiger partial charge in [-0.3, -0.25) is 9.59 Å². The minimum atomic E-state index is -0.633. The number of rotatable bonds is 6. The Hall–Kier alpha value is -2.15. The number of hydrogen-bond donors (Lipinski definition) is 0. The lowest BCUT2D eigenvalue weighted by Crippen LogP contribution is -2.44. The van der Waals surface area contributed by atoms with Crippen molar-refractivity contribution in [2.45, 2.75) is 38.5 Å². The molecule has 0 radical (unpaired) electrons. The van der Waals surface area contributed by atoms with Crippen molar-refractivity contribution in [3.63, 3.8) is 0 Å². The van der Waals surface area contributed by atoms with Crippen molar-refractivity contribution >= 4 is 11.8 Å². The van der Waals surface area contributed by atoms with Crippen LogP contribution in [-0.2, 0) is 20.9 Å². The zero-order valence-electron chi connectivity index (χ0n) is 15.4. The van der Waals surface area contributed by atoms with E-state index < -0.39 is 17.4 Å². The summed E-state index contributed by atoms with van der Waals surface area (Å²) in [6, 6.07) is 1.73. The number of hydrogen-bond acceptors (Lipinski definition) is 5. The Kier molecular flexibility index (Phi) is 4.14. The van der Waals surface area contributed by atoms with Gasteiger partial charge in [-0.05, 0) is 12.3 Å². The molecule has 1 spiro atoms. The van der Waals surface area contributed by atoms with Crippen molar-refractivity contribution in [2.75, 3.05) is 20.1 Å². The first kappa shape index (κ1) is 17.3. The van der Waals surface area contributed by atoms with E-state index in [0.717, 1.165) is 6.42 Å². The molecule has 2 unspecified atom stereocenters. The van der Waals surface area contributed by atoms with Gasteiger partial charge in [0.05, 0.1) is 37.2 Å². The maximum Gasteiger partial charge on any atom is 0.230 e. The molecule has 0 aromatic carbocycles. The molecule has 2 saturated heterocycles. The highest BCUT2D eigenvalue weighted by molar-refractivity contribution is 5.92. The number of carbonyl (C=O) groups is 2. The molecule has 26 heavy (non-hydrogen) atoms. The van der Waals surface area contributed by atoms with E-state index >= 15 is 0 Å². The molecular weight excluding hydrogens is 334 g/mol. The fourth-order valence-corrected chi connectivity index (χ4v) is 4.35. The highest BCUT2D eigenvalue weighted by Gasteiger charge is 2.66. The zero-order valence-corrected chi connectivity index (χ0v) is 15.4. The minimum Gasteiger partial charge on any atom is -0.360 e. The van der Waals surface area contributed by atoms with Gasteiger partial charge in [-0.2, -0.15) is 0 Å². The highest BCUT2D eigenvalue weighted by Crippen LogP contribution is 2.52. The molecule has 7 nitrogen and oxygen atoms in total. The van der Waals surface area contributed by atoms with Gasteiger partial charge < -0.3 is 19.1 Å². The zero-order chi connectivity index (χ0) is 18.5. The maximum absolute atomic E-state index is 13.1. The minimum absolute atomic E-state index is 0.0453. The summed E-state index contributed by atoms with van der Waals surface area (Å²) in [4.78, 5) is 29.6. The molecule has 7 heteroatoms. The van der Waals surface area contributed by atoms with E-state index in [0.29, 0.717) is 31.3 Å². The lowest BCUT2D eigenvalue weighted by Gasteiger charge is -2.27. The van der Waals surface area contributed by atoms with Gasteiger partial charge in [-0.25, -0.2) is 0 Å². The van der Waals surface area contributed by atoms with Gasteiger partial charge >= 0.3 is 0 Å². The highest BCUT2D eigenvalue weighted by atomic mass is 16.5. The SMILES string of the molecule is CC(C)CCN1C[C@]23C=C[C@H](O2)C(C(=O)N(C)Cc2ccno2)C3C1=O. The van der Waals surface area contributed by atoms with Crippen LogP contribution in [-0.4, -0.2) is 58.6 Å². The first-order valence-electron chi connectivity index (χ1n) is 9.22. The van der Waals surface area contributed by atoms with Crippen molar-refractivity contribution < 1.29 is 18.8 Å². The first-order valence-corrected chi connectivity index (χ1v) is 9.22. The number of amides is 2. The lowest BCUT2D eigenvalue weighted by atomic mass is 9.76. The van der Waals surface area contributed by atoms with Crippen molar-refractivity contribution in [3.8, 4) is 0 Å². The summed E-state index contributed by atoms with van der Waals surface area (Å²) in [7, 11) is 1.73. The van der Waals surface area contributed by atoms with Crippen molar-refractivity contribution in [1.82, 2.24) is 15.0 Å². The predicted molar refractivity (Wildman–Crippen MR) is 92.7 cm³/mol. The standard InChI is InChI=1S/C19H25N3O4/c1-12(2)6-9-22-11-19-7-4-14(25-19)15(16(19)18(22)24)17(23)21(3)10-13-5-8-20-26-13/h4-5,7-8,12,14-16H,6,9-11H2,1-3H3/t14-,15?,16?,19-/m0/s1. The topological polar surface area (TPSA) is 75.9 Å². The van der Waals surface area contributed by atoms with E-state index in [1.54, 1.807) is 24.2 Å². The lowest BCUT2D eigenvalue weighted by molar-refractivity contribution is -0.142. The Morgan fingerprint density at radius 1 is 1.50 bits per heavy atom. The molecule has 4 atom stereocenters. The number of carbonyl (C=O) groups excluding carboxylic acids is 2. The molecule has 3 aliphatic heterocycles. The van der Waals surface area contributed by atoms with E-state index in [1.165, 1.54) is 0 Å². The Balaban J connectivity index is 1.52.